The van der Waals surface area contributed by atoms with E-state index >= 15 is 0 Å². The zero-order valence-corrected chi connectivity index (χ0v) is 7.44. The SMILES string of the molecule is CC1C=CC=C2C=C(O)C=C(O)C21. The Balaban J connectivity index is 2.44. The van der Waals surface area contributed by atoms with Crippen molar-refractivity contribution in [2.24, 2.45) is 11.8 Å². The summed E-state index contributed by atoms with van der Waals surface area (Å²) < 4.78 is 0. The molecule has 0 heterocycles. The second kappa shape index (κ2) is 2.80. The lowest BCUT2D eigenvalue weighted by molar-refractivity contribution is 0.308. The molecule has 0 aromatic heterocycles. The van der Waals surface area contributed by atoms with E-state index in [-0.39, 0.29) is 17.4 Å². The molecule has 2 unspecified atom stereocenters. The maximum atomic E-state index is 9.63. The van der Waals surface area contributed by atoms with Crippen LogP contribution >= 0.6 is 0 Å². The molecule has 2 aliphatic carbocycles. The first-order valence-corrected chi connectivity index (χ1v) is 4.38. The van der Waals surface area contributed by atoms with Gasteiger partial charge in [0.05, 0.1) is 0 Å². The molecular weight excluding hydrogens is 164 g/mol. The topological polar surface area (TPSA) is 40.5 Å². The molecule has 2 rings (SSSR count). The van der Waals surface area contributed by atoms with Gasteiger partial charge in [0.15, 0.2) is 0 Å². The van der Waals surface area contributed by atoms with E-state index in [1.165, 1.54) is 6.08 Å². The van der Waals surface area contributed by atoms with Crippen LogP contribution in [0.4, 0.5) is 0 Å². The van der Waals surface area contributed by atoms with Crippen molar-refractivity contribution in [1.82, 2.24) is 0 Å². The van der Waals surface area contributed by atoms with Gasteiger partial charge in [-0.15, -0.1) is 0 Å². The van der Waals surface area contributed by atoms with Crippen molar-refractivity contribution in [1.29, 1.82) is 0 Å². The van der Waals surface area contributed by atoms with Crippen LogP contribution in [-0.2, 0) is 0 Å². The van der Waals surface area contributed by atoms with E-state index in [0.29, 0.717) is 5.92 Å². The predicted octanol–water partition coefficient (Wildman–Crippen LogP) is 2.63. The molecule has 0 saturated heterocycles. The third-order valence-electron chi connectivity index (χ3n) is 2.52. The second-order valence-corrected chi connectivity index (χ2v) is 3.53. The number of fused-ring (bicyclic) bond motifs is 1. The number of allylic oxidation sites excluding steroid dienone is 6. The predicted molar refractivity (Wildman–Crippen MR) is 51.3 cm³/mol. The van der Waals surface area contributed by atoms with Gasteiger partial charge in [0.2, 0.25) is 0 Å². The van der Waals surface area contributed by atoms with Crippen molar-refractivity contribution >= 4 is 0 Å². The fourth-order valence-corrected chi connectivity index (χ4v) is 1.89. The number of rotatable bonds is 0. The molecule has 0 spiro atoms. The van der Waals surface area contributed by atoms with Crippen molar-refractivity contribution in [3.05, 3.63) is 47.5 Å². The lowest BCUT2D eigenvalue weighted by Crippen LogP contribution is -2.19. The van der Waals surface area contributed by atoms with Crippen LogP contribution in [0.3, 0.4) is 0 Å². The molecule has 13 heavy (non-hydrogen) atoms. The van der Waals surface area contributed by atoms with E-state index in [1.807, 2.05) is 12.2 Å². The Kier molecular flexibility index (Phi) is 1.76. The van der Waals surface area contributed by atoms with Gasteiger partial charge in [0, 0.05) is 12.0 Å². The molecule has 0 aliphatic heterocycles. The van der Waals surface area contributed by atoms with Gasteiger partial charge in [-0.25, -0.2) is 0 Å². The van der Waals surface area contributed by atoms with Crippen molar-refractivity contribution < 1.29 is 10.2 Å². The molecule has 0 bridgehead atoms. The summed E-state index contributed by atoms with van der Waals surface area (Å²) >= 11 is 0. The van der Waals surface area contributed by atoms with Gasteiger partial charge in [-0.1, -0.05) is 25.2 Å². The molecule has 2 N–H and O–H groups in total. The summed E-state index contributed by atoms with van der Waals surface area (Å²) in [6.45, 7) is 2.05. The van der Waals surface area contributed by atoms with Gasteiger partial charge in [-0.3, -0.25) is 0 Å². The van der Waals surface area contributed by atoms with Gasteiger partial charge in [-0.05, 0) is 17.6 Å². The number of aliphatic hydroxyl groups excluding tert-OH is 2. The highest BCUT2D eigenvalue weighted by Crippen LogP contribution is 2.35. The summed E-state index contributed by atoms with van der Waals surface area (Å²) in [6, 6.07) is 0. The highest BCUT2D eigenvalue weighted by molar-refractivity contribution is 5.43. The Labute approximate surface area is 77.2 Å². The summed E-state index contributed by atoms with van der Waals surface area (Å²) in [6.07, 6.45) is 9.04. The van der Waals surface area contributed by atoms with Crippen molar-refractivity contribution in [2.45, 2.75) is 6.92 Å². The van der Waals surface area contributed by atoms with Crippen molar-refractivity contribution in [3.63, 3.8) is 0 Å². The quantitative estimate of drug-likeness (QED) is 0.595. The highest BCUT2D eigenvalue weighted by Gasteiger charge is 2.27. The minimum Gasteiger partial charge on any atom is -0.512 e. The summed E-state index contributed by atoms with van der Waals surface area (Å²) in [5.74, 6) is 0.701. The molecule has 2 heteroatoms. The smallest absolute Gasteiger partial charge is 0.119 e. The van der Waals surface area contributed by atoms with E-state index in [1.54, 1.807) is 6.08 Å². The molecule has 0 saturated carbocycles. The Morgan fingerprint density at radius 2 is 2.00 bits per heavy atom. The van der Waals surface area contributed by atoms with Gasteiger partial charge in [0.25, 0.3) is 0 Å². The largest absolute Gasteiger partial charge is 0.512 e. The molecule has 68 valence electrons. The van der Waals surface area contributed by atoms with Gasteiger partial charge in [0.1, 0.15) is 11.5 Å². The summed E-state index contributed by atoms with van der Waals surface area (Å²) in [5.41, 5.74) is 0.979. The molecular formula is C11H12O2. The molecule has 0 amide bonds. The van der Waals surface area contributed by atoms with Crippen LogP contribution in [0.2, 0.25) is 0 Å². The normalized spacial score (nSPS) is 31.6. The van der Waals surface area contributed by atoms with Gasteiger partial charge >= 0.3 is 0 Å². The lowest BCUT2D eigenvalue weighted by Gasteiger charge is -2.27. The highest BCUT2D eigenvalue weighted by atomic mass is 16.3. The Morgan fingerprint density at radius 1 is 1.23 bits per heavy atom. The van der Waals surface area contributed by atoms with Crippen LogP contribution in [-0.4, -0.2) is 10.2 Å². The van der Waals surface area contributed by atoms with Crippen LogP contribution < -0.4 is 0 Å². The van der Waals surface area contributed by atoms with Crippen LogP contribution in [0.1, 0.15) is 6.92 Å². The fourth-order valence-electron chi connectivity index (χ4n) is 1.89. The minimum atomic E-state index is 0.0286. The molecule has 0 aromatic rings. The minimum absolute atomic E-state index is 0.0286. The molecule has 2 nitrogen and oxygen atoms in total. The number of aliphatic hydroxyl groups is 2. The van der Waals surface area contributed by atoms with E-state index in [9.17, 15) is 10.2 Å². The zero-order chi connectivity index (χ0) is 9.42. The maximum absolute atomic E-state index is 9.63. The van der Waals surface area contributed by atoms with Crippen LogP contribution in [0.15, 0.2) is 47.5 Å². The molecule has 0 fully saturated rings. The summed E-state index contributed by atoms with van der Waals surface area (Å²) in [7, 11) is 0. The van der Waals surface area contributed by atoms with Gasteiger partial charge < -0.3 is 10.2 Å². The molecule has 2 aliphatic rings. The Morgan fingerprint density at radius 3 is 2.77 bits per heavy atom. The first-order chi connectivity index (χ1) is 6.18. The van der Waals surface area contributed by atoms with E-state index in [2.05, 4.69) is 13.0 Å². The zero-order valence-electron chi connectivity index (χ0n) is 7.44. The van der Waals surface area contributed by atoms with E-state index in [0.717, 1.165) is 5.57 Å². The monoisotopic (exact) mass is 176 g/mol. The Bertz CT molecular complexity index is 345. The molecule has 0 aromatic carbocycles. The van der Waals surface area contributed by atoms with Gasteiger partial charge in [-0.2, -0.15) is 0 Å². The van der Waals surface area contributed by atoms with Crippen LogP contribution in [0.5, 0.6) is 0 Å². The van der Waals surface area contributed by atoms with E-state index in [4.69, 9.17) is 0 Å². The number of hydrogen-bond donors (Lipinski definition) is 2. The first-order valence-electron chi connectivity index (χ1n) is 4.38. The van der Waals surface area contributed by atoms with Crippen molar-refractivity contribution in [2.75, 3.05) is 0 Å². The maximum Gasteiger partial charge on any atom is 0.119 e. The third kappa shape index (κ3) is 1.28. The third-order valence-corrected chi connectivity index (χ3v) is 2.52. The van der Waals surface area contributed by atoms with Crippen LogP contribution in [0.25, 0.3) is 0 Å². The average molecular weight is 176 g/mol. The summed E-state index contributed by atoms with van der Waals surface area (Å²) in [4.78, 5) is 0. The molecule has 0 radical (unpaired) electrons. The number of hydrogen-bond acceptors (Lipinski definition) is 2. The lowest BCUT2D eigenvalue weighted by atomic mass is 9.79. The standard InChI is InChI=1S/C11H12O2/c1-7-3-2-4-8-5-9(12)6-10(13)11(7)8/h2-7,11-13H,1H3. The summed E-state index contributed by atoms with van der Waals surface area (Å²) in [5, 5.41) is 18.9. The fraction of sp³-hybridized carbons (Fsp3) is 0.273. The first kappa shape index (κ1) is 8.17. The average Bonchev–Trinajstić information content (AvgIpc) is 2.02. The van der Waals surface area contributed by atoms with Crippen LogP contribution in [0, 0.1) is 11.8 Å². The second-order valence-electron chi connectivity index (χ2n) is 3.53. The molecule has 2 atom stereocenters. The van der Waals surface area contributed by atoms with E-state index < -0.39 is 0 Å². The Hall–Kier alpha value is -1.44. The van der Waals surface area contributed by atoms with Crippen molar-refractivity contribution in [3.8, 4) is 0 Å².